The normalized spacial score (nSPS) is 19.8. The third kappa shape index (κ3) is 1.27. The van der Waals surface area contributed by atoms with Crippen molar-refractivity contribution in [3.63, 3.8) is 0 Å². The second kappa shape index (κ2) is 2.67. The number of aromatic nitrogens is 1. The zero-order chi connectivity index (χ0) is 9.47. The van der Waals surface area contributed by atoms with Crippen molar-refractivity contribution in [1.29, 1.82) is 0 Å². The van der Waals surface area contributed by atoms with Crippen molar-refractivity contribution in [1.82, 2.24) is 4.34 Å². The lowest BCUT2D eigenvalue weighted by Crippen LogP contribution is -1.93. The van der Waals surface area contributed by atoms with Crippen molar-refractivity contribution in [3.05, 3.63) is 36.0 Å². The minimum Gasteiger partial charge on any atom is -0.401 e. The Labute approximate surface area is 76.4 Å². The molecule has 0 atom stereocenters. The van der Waals surface area contributed by atoms with Gasteiger partial charge in [-0.1, -0.05) is 0 Å². The van der Waals surface area contributed by atoms with E-state index in [9.17, 15) is 4.57 Å². The van der Waals surface area contributed by atoms with E-state index in [0.29, 0.717) is 11.5 Å². The van der Waals surface area contributed by atoms with Gasteiger partial charge in [0.25, 0.3) is 0 Å². The van der Waals surface area contributed by atoms with Gasteiger partial charge in [-0.25, -0.2) is 8.90 Å². The van der Waals surface area contributed by atoms with Crippen LogP contribution in [0.3, 0.4) is 0 Å². The van der Waals surface area contributed by atoms with Crippen LogP contribution in [0.25, 0.3) is 0 Å². The Morgan fingerprint density at radius 2 is 1.62 bits per heavy atom. The number of nitrogens with zero attached hydrogens (tertiary/aromatic N) is 1. The quantitative estimate of drug-likeness (QED) is 0.653. The molecular formula is C8H10NO3P. The molecule has 0 saturated carbocycles. The summed E-state index contributed by atoms with van der Waals surface area (Å²) in [6, 6.07) is 3.55. The zero-order valence-corrected chi connectivity index (χ0v) is 8.32. The van der Waals surface area contributed by atoms with Crippen LogP contribution in [0.2, 0.25) is 0 Å². The molecule has 1 aromatic rings. The van der Waals surface area contributed by atoms with Crippen molar-refractivity contribution < 1.29 is 13.6 Å². The van der Waals surface area contributed by atoms with Gasteiger partial charge in [-0.05, 0) is 26.0 Å². The van der Waals surface area contributed by atoms with Crippen molar-refractivity contribution in [2.75, 3.05) is 0 Å². The molecule has 2 rings (SSSR count). The van der Waals surface area contributed by atoms with E-state index in [-0.39, 0.29) is 0 Å². The van der Waals surface area contributed by atoms with E-state index in [0.717, 1.165) is 0 Å². The molecule has 0 aromatic carbocycles. The average molecular weight is 199 g/mol. The monoisotopic (exact) mass is 199 g/mol. The predicted octanol–water partition coefficient (Wildman–Crippen LogP) is 2.74. The van der Waals surface area contributed by atoms with Gasteiger partial charge in [0.15, 0.2) is 0 Å². The van der Waals surface area contributed by atoms with Gasteiger partial charge >= 0.3 is 7.75 Å². The Kier molecular flexibility index (Phi) is 1.74. The molecule has 0 aliphatic carbocycles. The maximum Gasteiger partial charge on any atom is 0.547 e. The fourth-order valence-corrected chi connectivity index (χ4v) is 2.73. The standard InChI is InChI=1S/C8H10NO3P/c1-7-8(2)12-13(10,11-7)9-5-3-4-6-9/h3-6H,1-2H3. The minimum absolute atomic E-state index is 0.581. The molecule has 0 bridgehead atoms. The highest BCUT2D eigenvalue weighted by Crippen LogP contribution is 2.57. The lowest BCUT2D eigenvalue weighted by Gasteiger charge is -2.11. The van der Waals surface area contributed by atoms with Crippen molar-refractivity contribution >= 4 is 7.75 Å². The van der Waals surface area contributed by atoms with Gasteiger partial charge < -0.3 is 9.05 Å². The lowest BCUT2D eigenvalue weighted by molar-refractivity contribution is 0.342. The van der Waals surface area contributed by atoms with Gasteiger partial charge in [-0.3, -0.25) is 0 Å². The third-order valence-electron chi connectivity index (χ3n) is 1.87. The summed E-state index contributed by atoms with van der Waals surface area (Å²) in [6.45, 7) is 3.47. The number of hydrogen-bond donors (Lipinski definition) is 0. The molecule has 0 fully saturated rings. The highest BCUT2D eigenvalue weighted by Gasteiger charge is 2.36. The van der Waals surface area contributed by atoms with Crippen molar-refractivity contribution in [2.24, 2.45) is 0 Å². The Balaban J connectivity index is 2.34. The van der Waals surface area contributed by atoms with Gasteiger partial charge in [-0.2, -0.15) is 0 Å². The van der Waals surface area contributed by atoms with Crippen LogP contribution in [-0.4, -0.2) is 4.34 Å². The van der Waals surface area contributed by atoms with Crippen molar-refractivity contribution in [2.45, 2.75) is 13.8 Å². The molecular weight excluding hydrogens is 189 g/mol. The summed E-state index contributed by atoms with van der Waals surface area (Å²) in [5.41, 5.74) is 0. The highest BCUT2D eigenvalue weighted by atomic mass is 31.2. The molecule has 1 aliphatic rings. The van der Waals surface area contributed by atoms with Gasteiger partial charge in [-0.15, -0.1) is 0 Å². The van der Waals surface area contributed by atoms with E-state index >= 15 is 0 Å². The van der Waals surface area contributed by atoms with Crippen LogP contribution in [0.1, 0.15) is 13.8 Å². The molecule has 0 radical (unpaired) electrons. The maximum absolute atomic E-state index is 12.0. The first-order valence-corrected chi connectivity index (χ1v) is 5.42. The van der Waals surface area contributed by atoms with E-state index in [1.807, 2.05) is 0 Å². The highest BCUT2D eigenvalue weighted by molar-refractivity contribution is 7.52. The first-order chi connectivity index (χ1) is 6.12. The Bertz CT molecular complexity index is 376. The molecule has 13 heavy (non-hydrogen) atoms. The summed E-state index contributed by atoms with van der Waals surface area (Å²) in [5.74, 6) is 1.16. The summed E-state index contributed by atoms with van der Waals surface area (Å²) in [5, 5.41) is 0. The third-order valence-corrected chi connectivity index (χ3v) is 3.71. The lowest BCUT2D eigenvalue weighted by atomic mass is 10.5. The molecule has 1 aromatic heterocycles. The Morgan fingerprint density at radius 3 is 2.08 bits per heavy atom. The molecule has 4 nitrogen and oxygen atoms in total. The first-order valence-electron chi connectivity index (χ1n) is 3.92. The fraction of sp³-hybridized carbons (Fsp3) is 0.250. The molecule has 0 unspecified atom stereocenters. The van der Waals surface area contributed by atoms with E-state index in [4.69, 9.17) is 9.05 Å². The van der Waals surface area contributed by atoms with Crippen molar-refractivity contribution in [3.8, 4) is 0 Å². The number of rotatable bonds is 1. The van der Waals surface area contributed by atoms with Gasteiger partial charge in [0.1, 0.15) is 11.5 Å². The maximum atomic E-state index is 12.0. The molecule has 5 heteroatoms. The van der Waals surface area contributed by atoms with E-state index < -0.39 is 7.75 Å². The summed E-state index contributed by atoms with van der Waals surface area (Å²) >= 11 is 0. The summed E-state index contributed by atoms with van der Waals surface area (Å²) in [4.78, 5) is 0. The largest absolute Gasteiger partial charge is 0.547 e. The minimum atomic E-state index is -3.14. The van der Waals surface area contributed by atoms with E-state index in [2.05, 4.69) is 0 Å². The molecule has 0 N–H and O–H groups in total. The first kappa shape index (κ1) is 8.45. The fourth-order valence-electron chi connectivity index (χ4n) is 1.08. The summed E-state index contributed by atoms with van der Waals surface area (Å²) < 4.78 is 23.8. The Hall–Kier alpha value is -1.15. The van der Waals surface area contributed by atoms with Gasteiger partial charge in [0.05, 0.1) is 0 Å². The topological polar surface area (TPSA) is 40.5 Å². The second-order valence-corrected chi connectivity index (χ2v) is 4.59. The SMILES string of the molecule is CC1=C(C)OP(=O)(n2cccc2)O1. The van der Waals surface area contributed by atoms with E-state index in [1.165, 1.54) is 4.34 Å². The molecule has 1 aliphatic heterocycles. The van der Waals surface area contributed by atoms with Gasteiger partial charge in [0.2, 0.25) is 0 Å². The smallest absolute Gasteiger partial charge is 0.401 e. The Morgan fingerprint density at radius 1 is 1.15 bits per heavy atom. The average Bonchev–Trinajstić information content (AvgIpc) is 2.61. The molecule has 0 spiro atoms. The molecule has 0 saturated heterocycles. The predicted molar refractivity (Wildman–Crippen MR) is 48.0 cm³/mol. The van der Waals surface area contributed by atoms with Crippen LogP contribution < -0.4 is 0 Å². The number of allylic oxidation sites excluding steroid dienone is 2. The summed E-state index contributed by atoms with van der Waals surface area (Å²) in [7, 11) is -3.14. The van der Waals surface area contributed by atoms with Crippen LogP contribution >= 0.6 is 7.75 Å². The van der Waals surface area contributed by atoms with Crippen LogP contribution in [0.4, 0.5) is 0 Å². The van der Waals surface area contributed by atoms with Crippen LogP contribution in [0, 0.1) is 0 Å². The molecule has 2 heterocycles. The molecule has 70 valence electrons. The summed E-state index contributed by atoms with van der Waals surface area (Å²) in [6.07, 6.45) is 3.32. The number of hydrogen-bond acceptors (Lipinski definition) is 3. The van der Waals surface area contributed by atoms with Gasteiger partial charge in [0, 0.05) is 12.4 Å². The second-order valence-electron chi connectivity index (χ2n) is 2.83. The van der Waals surface area contributed by atoms with E-state index in [1.54, 1.807) is 38.4 Å². The van der Waals surface area contributed by atoms with Crippen LogP contribution in [0.5, 0.6) is 0 Å². The molecule has 0 amide bonds. The zero-order valence-electron chi connectivity index (χ0n) is 7.43. The van der Waals surface area contributed by atoms with Crippen LogP contribution in [0.15, 0.2) is 36.0 Å². The van der Waals surface area contributed by atoms with Crippen LogP contribution in [-0.2, 0) is 13.6 Å².